The number of aliphatic hydroxyl groups excluding tert-OH is 1. The van der Waals surface area contributed by atoms with Crippen LogP contribution in [0.3, 0.4) is 0 Å². The number of hydrogen-bond acceptors (Lipinski definition) is 4. The molecule has 1 aliphatic rings. The zero-order chi connectivity index (χ0) is 12.8. The van der Waals surface area contributed by atoms with E-state index in [0.29, 0.717) is 6.07 Å². The minimum absolute atomic E-state index is 0.140. The number of nitro benzene ring substituents is 1. The van der Waals surface area contributed by atoms with Crippen LogP contribution in [0.5, 0.6) is 0 Å². The predicted molar refractivity (Wildman–Crippen MR) is 49.5 cm³/mol. The van der Waals surface area contributed by atoms with E-state index in [1.807, 2.05) is 0 Å². The lowest BCUT2D eigenvalue weighted by atomic mass is 9.84. The van der Waals surface area contributed by atoms with Gasteiger partial charge in [-0.1, -0.05) is 0 Å². The smallest absolute Gasteiger partial charge is 0.407 e. The van der Waals surface area contributed by atoms with Crippen molar-refractivity contribution in [3.8, 4) is 0 Å². The lowest BCUT2D eigenvalue weighted by Gasteiger charge is -2.13. The normalized spacial score (nSPS) is 18.7. The topological polar surface area (TPSA) is 72.6 Å². The number of nitro groups is 1. The Morgan fingerprint density at radius 2 is 2.12 bits per heavy atom. The highest BCUT2D eigenvalue weighted by atomic mass is 19.4. The minimum atomic E-state index is -4.79. The lowest BCUT2D eigenvalue weighted by molar-refractivity contribution is -0.385. The third-order valence-corrected chi connectivity index (χ3v) is 2.28. The molecule has 1 N–H and O–H groups in total. The van der Waals surface area contributed by atoms with Gasteiger partial charge in [-0.3, -0.25) is 10.1 Å². The summed E-state index contributed by atoms with van der Waals surface area (Å²) in [5.74, 6) is 0. The van der Waals surface area contributed by atoms with Crippen LogP contribution in [0, 0.1) is 10.1 Å². The summed E-state index contributed by atoms with van der Waals surface area (Å²) in [6.45, 7) is 0. The van der Waals surface area contributed by atoms with Gasteiger partial charge in [0, 0.05) is 17.7 Å². The van der Waals surface area contributed by atoms with Crippen LogP contribution in [0.4, 0.5) is 18.9 Å². The lowest BCUT2D eigenvalue weighted by Crippen LogP contribution is -2.19. The second-order valence-electron chi connectivity index (χ2n) is 3.36. The molecule has 0 aromatic heterocycles. The van der Waals surface area contributed by atoms with Crippen molar-refractivity contribution in [2.75, 3.05) is 0 Å². The quantitative estimate of drug-likeness (QED) is 0.453. The minimum Gasteiger partial charge on any atom is -0.407 e. The first-order chi connectivity index (χ1) is 7.80. The molecule has 5 nitrogen and oxygen atoms in total. The van der Waals surface area contributed by atoms with Crippen LogP contribution in [0.25, 0.3) is 0 Å². The number of benzene rings is 1. The predicted octanol–water partition coefficient (Wildman–Crippen LogP) is 0.879. The van der Waals surface area contributed by atoms with Gasteiger partial charge in [-0.25, -0.2) is 0 Å². The molecule has 2 rings (SSSR count). The van der Waals surface area contributed by atoms with E-state index >= 15 is 0 Å². The molecule has 0 saturated heterocycles. The Kier molecular flexibility index (Phi) is 2.59. The van der Waals surface area contributed by atoms with Gasteiger partial charge in [-0.05, 0) is 5.46 Å². The molecule has 1 heterocycles. The highest BCUT2D eigenvalue weighted by molar-refractivity contribution is 6.49. The molecule has 1 aromatic carbocycles. The average molecular weight is 246 g/mol. The number of halogens is 3. The van der Waals surface area contributed by atoms with Crippen molar-refractivity contribution in [2.45, 2.75) is 12.5 Å². The van der Waals surface area contributed by atoms with E-state index in [0.717, 1.165) is 13.5 Å². The van der Waals surface area contributed by atoms with Crippen LogP contribution in [0.15, 0.2) is 12.1 Å². The summed E-state index contributed by atoms with van der Waals surface area (Å²) in [5, 5.41) is 19.7. The third kappa shape index (κ3) is 1.98. The fourth-order valence-electron chi connectivity index (χ4n) is 1.58. The van der Waals surface area contributed by atoms with Gasteiger partial charge in [0.25, 0.3) is 5.69 Å². The van der Waals surface area contributed by atoms with Crippen LogP contribution in [0.1, 0.15) is 17.4 Å². The summed E-state index contributed by atoms with van der Waals surface area (Å²) < 4.78 is 42.5. The van der Waals surface area contributed by atoms with Crippen molar-refractivity contribution < 1.29 is 27.9 Å². The maximum absolute atomic E-state index is 12.7. The number of non-ortho nitro benzene ring substituents is 1. The van der Waals surface area contributed by atoms with Gasteiger partial charge < -0.3 is 9.76 Å². The number of rotatable bonds is 1. The molecular formula is C8H4BF3NO4. The maximum Gasteiger partial charge on any atom is 0.417 e. The molecule has 17 heavy (non-hydrogen) atoms. The third-order valence-electron chi connectivity index (χ3n) is 2.28. The fraction of sp³-hybridized carbons (Fsp3) is 0.250. The van der Waals surface area contributed by atoms with Gasteiger partial charge in [0.2, 0.25) is 0 Å². The standard InChI is InChI=1S/C8H4BF3NO4/c10-8(11,12)4-1-3(13(15)16)2-5-6(4)7(14)17-9-5/h1-2,7,14H. The Labute approximate surface area is 93.2 Å². The van der Waals surface area contributed by atoms with Crippen molar-refractivity contribution in [1.82, 2.24) is 0 Å². The number of aliphatic hydroxyl groups is 1. The molecule has 1 radical (unpaired) electrons. The van der Waals surface area contributed by atoms with Crippen molar-refractivity contribution in [3.05, 3.63) is 33.4 Å². The van der Waals surface area contributed by atoms with E-state index in [9.17, 15) is 28.4 Å². The largest absolute Gasteiger partial charge is 0.417 e. The first kappa shape index (κ1) is 11.9. The Bertz CT molecular complexity index is 490. The molecule has 0 bridgehead atoms. The van der Waals surface area contributed by atoms with Crippen molar-refractivity contribution in [1.29, 1.82) is 0 Å². The van der Waals surface area contributed by atoms with Gasteiger partial charge in [0.05, 0.1) is 10.5 Å². The van der Waals surface area contributed by atoms with Gasteiger partial charge >= 0.3 is 13.7 Å². The molecule has 0 amide bonds. The molecule has 89 valence electrons. The Morgan fingerprint density at radius 3 is 2.65 bits per heavy atom. The van der Waals surface area contributed by atoms with Crippen molar-refractivity contribution in [2.24, 2.45) is 0 Å². The van der Waals surface area contributed by atoms with Crippen LogP contribution in [0.2, 0.25) is 0 Å². The van der Waals surface area contributed by atoms with Gasteiger partial charge in [0.15, 0.2) is 6.29 Å². The molecule has 1 atom stereocenters. The monoisotopic (exact) mass is 246 g/mol. The van der Waals surface area contributed by atoms with E-state index in [1.54, 1.807) is 0 Å². The van der Waals surface area contributed by atoms with Crippen LogP contribution < -0.4 is 5.46 Å². The highest BCUT2D eigenvalue weighted by Crippen LogP contribution is 2.37. The second-order valence-corrected chi connectivity index (χ2v) is 3.36. The zero-order valence-corrected chi connectivity index (χ0v) is 8.06. The number of nitrogens with zero attached hydrogens (tertiary/aromatic N) is 1. The van der Waals surface area contributed by atoms with E-state index < -0.39 is 34.2 Å². The molecule has 1 aromatic rings. The first-order valence-electron chi connectivity index (χ1n) is 4.37. The summed E-state index contributed by atoms with van der Waals surface area (Å²) in [7, 11) is 0.863. The molecule has 9 heteroatoms. The van der Waals surface area contributed by atoms with E-state index in [-0.39, 0.29) is 5.46 Å². The highest BCUT2D eigenvalue weighted by Gasteiger charge is 2.40. The fourth-order valence-corrected chi connectivity index (χ4v) is 1.58. The Balaban J connectivity index is 2.67. The molecule has 0 saturated carbocycles. The summed E-state index contributed by atoms with van der Waals surface area (Å²) in [6.07, 6.45) is -6.54. The molecule has 0 fully saturated rings. The molecule has 1 unspecified atom stereocenters. The molecule has 0 spiro atoms. The summed E-state index contributed by atoms with van der Waals surface area (Å²) in [5.41, 5.74) is -2.60. The van der Waals surface area contributed by atoms with Crippen molar-refractivity contribution >= 4 is 18.6 Å². The SMILES string of the molecule is O=[N+]([O-])c1cc2c(c(C(F)(F)F)c1)C(O)O[B]2. The Morgan fingerprint density at radius 1 is 1.47 bits per heavy atom. The van der Waals surface area contributed by atoms with Gasteiger partial charge in [-0.2, -0.15) is 13.2 Å². The number of fused-ring (bicyclic) bond motifs is 1. The van der Waals surface area contributed by atoms with E-state index in [1.165, 1.54) is 0 Å². The van der Waals surface area contributed by atoms with Gasteiger partial charge in [-0.15, -0.1) is 0 Å². The summed E-state index contributed by atoms with van der Waals surface area (Å²) in [4.78, 5) is 9.55. The number of alkyl halides is 3. The second kappa shape index (κ2) is 3.71. The summed E-state index contributed by atoms with van der Waals surface area (Å²) >= 11 is 0. The van der Waals surface area contributed by atoms with Crippen LogP contribution in [-0.2, 0) is 10.8 Å². The van der Waals surface area contributed by atoms with Gasteiger partial charge in [0.1, 0.15) is 0 Å². The Hall–Kier alpha value is -1.61. The first-order valence-corrected chi connectivity index (χ1v) is 4.37. The summed E-state index contributed by atoms with van der Waals surface area (Å²) in [6, 6.07) is 1.30. The molecular weight excluding hydrogens is 242 g/mol. The molecule has 0 aliphatic carbocycles. The number of hydrogen-bond donors (Lipinski definition) is 1. The molecule has 1 aliphatic heterocycles. The maximum atomic E-state index is 12.7. The van der Waals surface area contributed by atoms with Crippen LogP contribution in [-0.4, -0.2) is 17.5 Å². The average Bonchev–Trinajstić information content (AvgIpc) is 2.58. The van der Waals surface area contributed by atoms with E-state index in [4.69, 9.17) is 0 Å². The van der Waals surface area contributed by atoms with Crippen LogP contribution >= 0.6 is 0 Å². The van der Waals surface area contributed by atoms with Crippen molar-refractivity contribution in [3.63, 3.8) is 0 Å². The van der Waals surface area contributed by atoms with E-state index in [2.05, 4.69) is 4.65 Å². The zero-order valence-electron chi connectivity index (χ0n) is 8.06.